The Kier molecular flexibility index (Phi) is 5.20. The molecule has 2 rings (SSSR count). The van der Waals surface area contributed by atoms with Crippen molar-refractivity contribution in [2.24, 2.45) is 0 Å². The van der Waals surface area contributed by atoms with E-state index in [-0.39, 0.29) is 0 Å². The van der Waals surface area contributed by atoms with Crippen molar-refractivity contribution in [3.63, 3.8) is 0 Å². The first-order chi connectivity index (χ1) is 9.61. The fourth-order valence-corrected chi connectivity index (χ4v) is 2.43. The largest absolute Gasteiger partial charge is 0.492 e. The van der Waals surface area contributed by atoms with E-state index in [9.17, 15) is 0 Å². The molecule has 0 saturated carbocycles. The fraction of sp³-hybridized carbons (Fsp3) is 0.400. The van der Waals surface area contributed by atoms with Crippen LogP contribution in [0, 0.1) is 13.8 Å². The molecule has 0 saturated heterocycles. The number of hydrogen-bond acceptors (Lipinski definition) is 3. The lowest BCUT2D eigenvalue weighted by Gasteiger charge is -2.08. The lowest BCUT2D eigenvalue weighted by molar-refractivity contribution is 0.289. The Morgan fingerprint density at radius 2 is 1.95 bits per heavy atom. The lowest BCUT2D eigenvalue weighted by atomic mass is 10.2. The zero-order chi connectivity index (χ0) is 14.5. The van der Waals surface area contributed by atoms with Crippen LogP contribution >= 0.6 is 15.9 Å². The predicted octanol–water partition coefficient (Wildman–Crippen LogP) is 3.06. The average molecular weight is 338 g/mol. The summed E-state index contributed by atoms with van der Waals surface area (Å²) in [6.45, 7) is 6.37. The Balaban J connectivity index is 1.94. The minimum atomic E-state index is 0.614. The highest BCUT2D eigenvalue weighted by Gasteiger charge is 2.10. The van der Waals surface area contributed by atoms with E-state index in [0.717, 1.165) is 29.0 Å². The highest BCUT2D eigenvalue weighted by atomic mass is 79.9. The van der Waals surface area contributed by atoms with Crippen molar-refractivity contribution in [2.75, 3.05) is 13.7 Å². The number of aryl methyl sites for hydroxylation is 1. The second-order valence-electron chi connectivity index (χ2n) is 4.71. The van der Waals surface area contributed by atoms with Gasteiger partial charge in [0.25, 0.3) is 0 Å². The number of nitrogens with one attached hydrogen (secondary N) is 1. The Hall–Kier alpha value is -1.33. The molecule has 4 nitrogen and oxygen atoms in total. The third-order valence-corrected chi connectivity index (χ3v) is 3.80. The maximum atomic E-state index is 5.73. The normalized spacial score (nSPS) is 10.8. The molecule has 0 spiro atoms. The van der Waals surface area contributed by atoms with Gasteiger partial charge in [-0.2, -0.15) is 5.10 Å². The van der Waals surface area contributed by atoms with E-state index in [4.69, 9.17) is 4.74 Å². The van der Waals surface area contributed by atoms with Gasteiger partial charge in [0.15, 0.2) is 0 Å². The molecular weight excluding hydrogens is 318 g/mol. The van der Waals surface area contributed by atoms with Crippen molar-refractivity contribution in [3.05, 3.63) is 45.7 Å². The number of rotatable bonds is 6. The second-order valence-corrected chi connectivity index (χ2v) is 5.62. The third kappa shape index (κ3) is 3.61. The molecule has 0 aliphatic carbocycles. The highest BCUT2D eigenvalue weighted by Crippen LogP contribution is 2.16. The summed E-state index contributed by atoms with van der Waals surface area (Å²) in [6, 6.07) is 7.86. The van der Waals surface area contributed by atoms with Gasteiger partial charge in [-0.1, -0.05) is 15.9 Å². The van der Waals surface area contributed by atoms with Crippen molar-refractivity contribution in [2.45, 2.75) is 26.9 Å². The van der Waals surface area contributed by atoms with Crippen LogP contribution in [0.4, 0.5) is 0 Å². The molecule has 0 amide bonds. The Labute approximate surface area is 128 Å². The molecule has 2 aromatic rings. The molecular formula is C15H20BrN3O. The molecule has 0 atom stereocenters. The number of benzene rings is 1. The molecule has 1 N–H and O–H groups in total. The van der Waals surface area contributed by atoms with Crippen molar-refractivity contribution < 1.29 is 4.74 Å². The van der Waals surface area contributed by atoms with Gasteiger partial charge in [-0.05, 0) is 45.2 Å². The zero-order valence-electron chi connectivity index (χ0n) is 12.1. The summed E-state index contributed by atoms with van der Waals surface area (Å²) in [5.41, 5.74) is 3.56. The van der Waals surface area contributed by atoms with Crippen molar-refractivity contribution in [3.8, 4) is 5.75 Å². The van der Waals surface area contributed by atoms with Gasteiger partial charge in [0.2, 0.25) is 0 Å². The maximum absolute atomic E-state index is 5.73. The zero-order valence-corrected chi connectivity index (χ0v) is 13.7. The topological polar surface area (TPSA) is 39.1 Å². The molecule has 0 unspecified atom stereocenters. The highest BCUT2D eigenvalue weighted by molar-refractivity contribution is 9.10. The first-order valence-electron chi connectivity index (χ1n) is 6.67. The van der Waals surface area contributed by atoms with E-state index in [1.165, 1.54) is 11.3 Å². The second kappa shape index (κ2) is 6.90. The molecule has 1 aromatic heterocycles. The van der Waals surface area contributed by atoms with Crippen LogP contribution in [-0.2, 0) is 13.1 Å². The van der Waals surface area contributed by atoms with E-state index in [1.54, 1.807) is 0 Å². The third-order valence-electron chi connectivity index (χ3n) is 3.27. The molecule has 20 heavy (non-hydrogen) atoms. The van der Waals surface area contributed by atoms with Crippen LogP contribution in [0.15, 0.2) is 28.7 Å². The molecule has 0 radical (unpaired) electrons. The Morgan fingerprint density at radius 3 is 2.60 bits per heavy atom. The molecule has 0 aliphatic rings. The molecule has 0 aliphatic heterocycles. The van der Waals surface area contributed by atoms with Crippen molar-refractivity contribution in [1.82, 2.24) is 15.1 Å². The van der Waals surface area contributed by atoms with E-state index in [1.807, 2.05) is 42.9 Å². The van der Waals surface area contributed by atoms with Crippen LogP contribution in [0.5, 0.6) is 5.75 Å². The maximum Gasteiger partial charge on any atom is 0.119 e. The monoisotopic (exact) mass is 337 g/mol. The minimum absolute atomic E-state index is 0.614. The molecule has 1 heterocycles. The molecule has 5 heteroatoms. The van der Waals surface area contributed by atoms with Gasteiger partial charge in [0, 0.05) is 22.3 Å². The van der Waals surface area contributed by atoms with Gasteiger partial charge in [-0.25, -0.2) is 0 Å². The quantitative estimate of drug-likeness (QED) is 0.880. The number of hydrogen-bond donors (Lipinski definition) is 1. The van der Waals surface area contributed by atoms with Gasteiger partial charge in [-0.15, -0.1) is 0 Å². The van der Waals surface area contributed by atoms with Crippen LogP contribution in [0.3, 0.4) is 0 Å². The summed E-state index contributed by atoms with van der Waals surface area (Å²) in [5.74, 6) is 0.880. The Morgan fingerprint density at radius 1 is 1.25 bits per heavy atom. The van der Waals surface area contributed by atoms with Gasteiger partial charge in [-0.3, -0.25) is 4.68 Å². The van der Waals surface area contributed by atoms with E-state index >= 15 is 0 Å². The average Bonchev–Trinajstić information content (AvgIpc) is 2.69. The van der Waals surface area contributed by atoms with Crippen LogP contribution in [0.1, 0.15) is 17.0 Å². The number of ether oxygens (including phenoxy) is 1. The van der Waals surface area contributed by atoms with Crippen LogP contribution in [0.25, 0.3) is 0 Å². The molecule has 1 aromatic carbocycles. The SMILES string of the molecule is CNCc1c(C)nn(CCOc2ccc(Br)cc2)c1C. The van der Waals surface area contributed by atoms with Crippen molar-refractivity contribution >= 4 is 15.9 Å². The number of aromatic nitrogens is 2. The number of nitrogens with zero attached hydrogens (tertiary/aromatic N) is 2. The summed E-state index contributed by atoms with van der Waals surface area (Å²) in [5, 5.41) is 7.74. The van der Waals surface area contributed by atoms with Crippen LogP contribution in [-0.4, -0.2) is 23.4 Å². The van der Waals surface area contributed by atoms with Gasteiger partial charge >= 0.3 is 0 Å². The molecule has 0 fully saturated rings. The van der Waals surface area contributed by atoms with E-state index < -0.39 is 0 Å². The van der Waals surface area contributed by atoms with Crippen LogP contribution < -0.4 is 10.1 Å². The van der Waals surface area contributed by atoms with E-state index in [2.05, 4.69) is 33.3 Å². The summed E-state index contributed by atoms with van der Waals surface area (Å²) >= 11 is 3.41. The van der Waals surface area contributed by atoms with Crippen LogP contribution in [0.2, 0.25) is 0 Å². The minimum Gasteiger partial charge on any atom is -0.492 e. The fourth-order valence-electron chi connectivity index (χ4n) is 2.17. The number of halogens is 1. The first kappa shape index (κ1) is 15.1. The molecule has 108 valence electrons. The standard InChI is InChI=1S/C15H20BrN3O/c1-11-15(10-17-3)12(2)19(18-11)8-9-20-14-6-4-13(16)5-7-14/h4-7,17H,8-10H2,1-3H3. The lowest BCUT2D eigenvalue weighted by Crippen LogP contribution is -2.12. The molecule has 0 bridgehead atoms. The first-order valence-corrected chi connectivity index (χ1v) is 7.47. The van der Waals surface area contributed by atoms with Crippen molar-refractivity contribution in [1.29, 1.82) is 0 Å². The predicted molar refractivity (Wildman–Crippen MR) is 84.1 cm³/mol. The van der Waals surface area contributed by atoms with Gasteiger partial charge in [0.05, 0.1) is 12.2 Å². The smallest absolute Gasteiger partial charge is 0.119 e. The van der Waals surface area contributed by atoms with Gasteiger partial charge < -0.3 is 10.1 Å². The summed E-state index contributed by atoms with van der Waals surface area (Å²) in [6.07, 6.45) is 0. The summed E-state index contributed by atoms with van der Waals surface area (Å²) in [7, 11) is 1.95. The summed E-state index contributed by atoms with van der Waals surface area (Å²) in [4.78, 5) is 0. The Bertz CT molecular complexity index is 563. The van der Waals surface area contributed by atoms with Gasteiger partial charge in [0.1, 0.15) is 12.4 Å². The van der Waals surface area contributed by atoms with E-state index in [0.29, 0.717) is 6.61 Å². The summed E-state index contributed by atoms with van der Waals surface area (Å²) < 4.78 is 8.80.